The molecule has 36 heavy (non-hydrogen) atoms. The van der Waals surface area contributed by atoms with Crippen LogP contribution in [0, 0.1) is 11.7 Å². The maximum Gasteiger partial charge on any atom is 0.257 e. The molecule has 3 heterocycles. The Morgan fingerprint density at radius 2 is 1.89 bits per heavy atom. The second-order valence-corrected chi connectivity index (χ2v) is 10.2. The number of amides is 2. The van der Waals surface area contributed by atoms with Gasteiger partial charge in [-0.15, -0.1) is 0 Å². The third-order valence-corrected chi connectivity index (χ3v) is 6.74. The van der Waals surface area contributed by atoms with E-state index in [9.17, 15) is 18.4 Å². The predicted octanol–water partition coefficient (Wildman–Crippen LogP) is 3.21. The number of nitrogens with zero attached hydrogens (tertiary/aromatic N) is 4. The summed E-state index contributed by atoms with van der Waals surface area (Å²) in [5.41, 5.74) is 4.99. The summed E-state index contributed by atoms with van der Waals surface area (Å²) in [5.74, 6) is -1.08. The van der Waals surface area contributed by atoms with E-state index in [2.05, 4.69) is 14.9 Å². The number of ether oxygens (including phenoxy) is 1. The summed E-state index contributed by atoms with van der Waals surface area (Å²) in [6.07, 6.45) is 6.00. The molecule has 1 aromatic carbocycles. The third-order valence-electron chi connectivity index (χ3n) is 6.74. The van der Waals surface area contributed by atoms with Crippen LogP contribution in [0.15, 0.2) is 30.6 Å². The lowest BCUT2D eigenvalue weighted by atomic mass is 9.97. The van der Waals surface area contributed by atoms with Crippen LogP contribution in [0.1, 0.15) is 49.9 Å². The van der Waals surface area contributed by atoms with Gasteiger partial charge in [-0.25, -0.2) is 18.7 Å². The molecule has 0 spiro atoms. The fraction of sp³-hybridized carbons (Fsp3) is 0.538. The van der Waals surface area contributed by atoms with Crippen molar-refractivity contribution in [2.75, 3.05) is 32.8 Å². The minimum Gasteiger partial charge on any atom is -0.476 e. The van der Waals surface area contributed by atoms with Crippen LogP contribution < -0.4 is 10.5 Å². The van der Waals surface area contributed by atoms with Crippen LogP contribution in [-0.2, 0) is 4.79 Å². The lowest BCUT2D eigenvalue weighted by Gasteiger charge is -2.34. The highest BCUT2D eigenvalue weighted by molar-refractivity contribution is 5.98. The fourth-order valence-corrected chi connectivity index (χ4v) is 4.89. The largest absolute Gasteiger partial charge is 0.476 e. The fourth-order valence-electron chi connectivity index (χ4n) is 4.89. The van der Waals surface area contributed by atoms with Gasteiger partial charge in [0.25, 0.3) is 5.91 Å². The third kappa shape index (κ3) is 6.34. The first-order valence-electron chi connectivity index (χ1n) is 12.4. The van der Waals surface area contributed by atoms with Crippen LogP contribution >= 0.6 is 0 Å². The van der Waals surface area contributed by atoms with Crippen molar-refractivity contribution in [3.63, 3.8) is 0 Å². The van der Waals surface area contributed by atoms with Crippen molar-refractivity contribution in [2.24, 2.45) is 11.7 Å². The number of primary amides is 1. The Morgan fingerprint density at radius 1 is 1.14 bits per heavy atom. The molecule has 194 valence electrons. The molecule has 8 nitrogen and oxygen atoms in total. The summed E-state index contributed by atoms with van der Waals surface area (Å²) in [5, 5.41) is 0. The molecule has 2 aliphatic rings. The van der Waals surface area contributed by atoms with E-state index in [4.69, 9.17) is 10.5 Å². The van der Waals surface area contributed by atoms with Crippen molar-refractivity contribution in [3.05, 3.63) is 42.0 Å². The van der Waals surface area contributed by atoms with Gasteiger partial charge in [-0.3, -0.25) is 9.59 Å². The van der Waals surface area contributed by atoms with E-state index in [0.717, 1.165) is 25.9 Å². The molecule has 2 aromatic rings. The van der Waals surface area contributed by atoms with Crippen molar-refractivity contribution in [1.82, 2.24) is 19.8 Å². The summed E-state index contributed by atoms with van der Waals surface area (Å²) >= 11 is 0. The van der Waals surface area contributed by atoms with E-state index < -0.39 is 29.3 Å². The molecule has 0 aliphatic carbocycles. The van der Waals surface area contributed by atoms with E-state index >= 15 is 0 Å². The van der Waals surface area contributed by atoms with Crippen molar-refractivity contribution in [1.29, 1.82) is 0 Å². The van der Waals surface area contributed by atoms with E-state index in [1.807, 2.05) is 0 Å². The number of hydrogen-bond acceptors (Lipinski definition) is 6. The quantitative estimate of drug-likeness (QED) is 0.596. The zero-order chi connectivity index (χ0) is 25.9. The molecule has 2 saturated heterocycles. The molecule has 0 unspecified atom stereocenters. The highest BCUT2D eigenvalue weighted by Crippen LogP contribution is 2.25. The Kier molecular flexibility index (Phi) is 7.82. The van der Waals surface area contributed by atoms with Gasteiger partial charge in [0.15, 0.2) is 0 Å². The molecule has 0 bridgehead atoms. The molecule has 4 rings (SSSR count). The van der Waals surface area contributed by atoms with E-state index in [1.165, 1.54) is 29.4 Å². The van der Waals surface area contributed by atoms with Gasteiger partial charge in [0, 0.05) is 18.7 Å². The first-order chi connectivity index (χ1) is 17.1. The predicted molar refractivity (Wildman–Crippen MR) is 131 cm³/mol. The molecule has 0 saturated carbocycles. The SMILES string of the molecule is CC(C)(F)CN1CCC(COc2cnc(-c3ccc(C(=O)N4CCC[C@H]4C(N)=O)c(F)c3)cn2)CC1. The second kappa shape index (κ2) is 10.9. The average Bonchev–Trinajstić information content (AvgIpc) is 3.33. The Hall–Kier alpha value is -3.14. The molecule has 2 fully saturated rings. The summed E-state index contributed by atoms with van der Waals surface area (Å²) in [6, 6.07) is 3.53. The molecular weight excluding hydrogens is 468 g/mol. The van der Waals surface area contributed by atoms with Gasteiger partial charge in [-0.2, -0.15) is 0 Å². The average molecular weight is 502 g/mol. The standard InChI is InChI=1S/C26H33F2N5O3/c1-26(2,28)16-32-10-7-17(8-11-32)15-36-23-14-30-21(13-31-23)18-5-6-19(20(27)12-18)25(35)33-9-3-4-22(33)24(29)34/h5-6,12-14,17,22H,3-4,7-11,15-16H2,1-2H3,(H2,29,34)/t22-/m0/s1. The Labute approximate surface area is 209 Å². The van der Waals surface area contributed by atoms with Crippen LogP contribution in [0.4, 0.5) is 8.78 Å². The number of piperidine rings is 1. The molecule has 2 amide bonds. The zero-order valence-electron chi connectivity index (χ0n) is 20.8. The molecule has 1 atom stereocenters. The van der Waals surface area contributed by atoms with Crippen molar-refractivity contribution < 1.29 is 23.1 Å². The second-order valence-electron chi connectivity index (χ2n) is 10.2. The number of carbonyl (C=O) groups excluding carboxylic acids is 2. The maximum atomic E-state index is 14.8. The highest BCUT2D eigenvalue weighted by Gasteiger charge is 2.34. The summed E-state index contributed by atoms with van der Waals surface area (Å²) < 4.78 is 34.5. The van der Waals surface area contributed by atoms with Gasteiger partial charge in [0.05, 0.1) is 30.3 Å². The Morgan fingerprint density at radius 3 is 2.50 bits per heavy atom. The molecule has 0 radical (unpaired) electrons. The number of likely N-dealkylation sites (tertiary alicyclic amines) is 2. The Balaban J connectivity index is 1.32. The van der Waals surface area contributed by atoms with Gasteiger partial charge in [0.1, 0.15) is 17.5 Å². The van der Waals surface area contributed by atoms with Crippen LogP contribution in [0.3, 0.4) is 0 Å². The maximum absolute atomic E-state index is 14.8. The number of halogens is 2. The number of carbonyl (C=O) groups is 2. The lowest BCUT2D eigenvalue weighted by Crippen LogP contribution is -2.43. The first-order valence-corrected chi connectivity index (χ1v) is 12.4. The van der Waals surface area contributed by atoms with E-state index in [-0.39, 0.29) is 5.56 Å². The normalized spacial score (nSPS) is 19.4. The first kappa shape index (κ1) is 25.9. The van der Waals surface area contributed by atoms with Crippen LogP contribution in [-0.4, -0.2) is 76.1 Å². The monoisotopic (exact) mass is 501 g/mol. The molecular formula is C26H33F2N5O3. The van der Waals surface area contributed by atoms with Gasteiger partial charge < -0.3 is 20.3 Å². The number of rotatable bonds is 8. The van der Waals surface area contributed by atoms with Crippen molar-refractivity contribution >= 4 is 11.8 Å². The van der Waals surface area contributed by atoms with E-state index in [0.29, 0.717) is 55.6 Å². The number of hydrogen-bond donors (Lipinski definition) is 1. The van der Waals surface area contributed by atoms with Crippen molar-refractivity contribution in [3.8, 4) is 17.1 Å². The number of alkyl halides is 1. The van der Waals surface area contributed by atoms with Crippen LogP contribution in [0.5, 0.6) is 5.88 Å². The van der Waals surface area contributed by atoms with E-state index in [1.54, 1.807) is 19.9 Å². The lowest BCUT2D eigenvalue weighted by molar-refractivity contribution is -0.121. The van der Waals surface area contributed by atoms with Gasteiger partial charge in [-0.05, 0) is 70.7 Å². The molecule has 2 N–H and O–H groups in total. The number of aromatic nitrogens is 2. The smallest absolute Gasteiger partial charge is 0.257 e. The number of benzene rings is 1. The minimum absolute atomic E-state index is 0.110. The summed E-state index contributed by atoms with van der Waals surface area (Å²) in [4.78, 5) is 36.5. The molecule has 2 aliphatic heterocycles. The Bertz CT molecular complexity index is 1080. The molecule has 1 aromatic heterocycles. The van der Waals surface area contributed by atoms with Crippen molar-refractivity contribution in [2.45, 2.75) is 51.2 Å². The van der Waals surface area contributed by atoms with Gasteiger partial charge in [0.2, 0.25) is 11.8 Å². The zero-order valence-corrected chi connectivity index (χ0v) is 20.8. The van der Waals surface area contributed by atoms with Crippen LogP contribution in [0.2, 0.25) is 0 Å². The number of nitrogens with two attached hydrogens (primary N) is 1. The van der Waals surface area contributed by atoms with Gasteiger partial charge >= 0.3 is 0 Å². The highest BCUT2D eigenvalue weighted by atomic mass is 19.1. The summed E-state index contributed by atoms with van der Waals surface area (Å²) in [7, 11) is 0. The topological polar surface area (TPSA) is 102 Å². The molecule has 10 heteroatoms. The van der Waals surface area contributed by atoms with Gasteiger partial charge in [-0.1, -0.05) is 6.07 Å². The minimum atomic E-state index is -1.19. The van der Waals surface area contributed by atoms with Crippen LogP contribution in [0.25, 0.3) is 11.3 Å². The summed E-state index contributed by atoms with van der Waals surface area (Å²) in [6.45, 7) is 6.21.